The predicted molar refractivity (Wildman–Crippen MR) is 153 cm³/mol. The van der Waals surface area contributed by atoms with E-state index in [1.807, 2.05) is 42.5 Å². The Morgan fingerprint density at radius 3 is 1.86 bits per heavy atom. The van der Waals surface area contributed by atoms with Crippen LogP contribution in [0.5, 0.6) is 11.5 Å². The zero-order chi connectivity index (χ0) is 27.0. The van der Waals surface area contributed by atoms with E-state index in [9.17, 15) is 9.59 Å². The maximum absolute atomic E-state index is 13.6. The second-order valence-corrected chi connectivity index (χ2v) is 11.6. The van der Waals surface area contributed by atoms with Crippen molar-refractivity contribution in [2.75, 3.05) is 4.90 Å². The normalized spacial score (nSPS) is 15.7. The van der Waals surface area contributed by atoms with E-state index in [0.29, 0.717) is 17.2 Å². The molecule has 0 radical (unpaired) electrons. The lowest BCUT2D eigenvalue weighted by Crippen LogP contribution is -2.54. The van der Waals surface area contributed by atoms with Gasteiger partial charge in [0.2, 0.25) is 0 Å². The molecule has 0 spiro atoms. The van der Waals surface area contributed by atoms with E-state index >= 15 is 0 Å². The molecular formula is C31H32N2O3S. The minimum Gasteiger partial charge on any atom is -0.457 e. The zero-order valence-corrected chi connectivity index (χ0v) is 22.9. The highest BCUT2D eigenvalue weighted by Gasteiger charge is 2.34. The van der Waals surface area contributed by atoms with Crippen LogP contribution >= 0.6 is 12.2 Å². The molecular weight excluding hydrogens is 480 g/mol. The van der Waals surface area contributed by atoms with Crippen LogP contribution < -0.4 is 15.0 Å². The third-order valence-corrected chi connectivity index (χ3v) is 6.46. The third-order valence-electron chi connectivity index (χ3n) is 6.17. The number of ether oxygens (including phenoxy) is 1. The molecule has 0 aliphatic carbocycles. The van der Waals surface area contributed by atoms with Gasteiger partial charge in [-0.05, 0) is 82.2 Å². The molecule has 1 saturated heterocycles. The summed E-state index contributed by atoms with van der Waals surface area (Å²) in [5.74, 6) is 0.362. The van der Waals surface area contributed by atoms with Gasteiger partial charge in [-0.25, -0.2) is 0 Å². The topological polar surface area (TPSA) is 58.6 Å². The number of carbonyl (C=O) groups is 2. The highest BCUT2D eigenvalue weighted by Crippen LogP contribution is 2.32. The standard InChI is InChI=1S/C31H32N2O3S/c1-30(2,3)21-16-20(17-22(19-21)31(4,5)6)18-26-27(34)32-29(37)33(28(26)35)23-12-14-25(15-13-23)36-24-10-8-7-9-11-24/h7-19H,1-6H3,(H,32,34,37). The third kappa shape index (κ3) is 5.97. The van der Waals surface area contributed by atoms with Gasteiger partial charge >= 0.3 is 0 Å². The van der Waals surface area contributed by atoms with Crippen LogP contribution in [0.2, 0.25) is 0 Å². The molecule has 0 bridgehead atoms. The van der Waals surface area contributed by atoms with Gasteiger partial charge < -0.3 is 4.74 Å². The first-order valence-electron chi connectivity index (χ1n) is 12.2. The molecule has 5 nitrogen and oxygen atoms in total. The Kier molecular flexibility index (Phi) is 7.07. The van der Waals surface area contributed by atoms with Crippen molar-refractivity contribution in [2.24, 2.45) is 0 Å². The largest absolute Gasteiger partial charge is 0.457 e. The van der Waals surface area contributed by atoms with Crippen LogP contribution in [0, 0.1) is 0 Å². The lowest BCUT2D eigenvalue weighted by Gasteiger charge is -2.29. The minimum absolute atomic E-state index is 0.0316. The molecule has 0 atom stereocenters. The summed E-state index contributed by atoms with van der Waals surface area (Å²) < 4.78 is 5.85. The zero-order valence-electron chi connectivity index (χ0n) is 22.1. The predicted octanol–water partition coefficient (Wildman–Crippen LogP) is 6.91. The monoisotopic (exact) mass is 512 g/mol. The molecule has 6 heteroatoms. The molecule has 1 N–H and O–H groups in total. The highest BCUT2D eigenvalue weighted by atomic mass is 32.1. The Morgan fingerprint density at radius 2 is 1.32 bits per heavy atom. The van der Waals surface area contributed by atoms with E-state index in [1.165, 1.54) is 4.90 Å². The second-order valence-electron chi connectivity index (χ2n) is 11.2. The maximum Gasteiger partial charge on any atom is 0.270 e. The summed E-state index contributed by atoms with van der Waals surface area (Å²) in [6.07, 6.45) is 1.66. The van der Waals surface area contributed by atoms with Crippen molar-refractivity contribution < 1.29 is 14.3 Å². The number of rotatable bonds is 4. The van der Waals surface area contributed by atoms with Gasteiger partial charge in [-0.15, -0.1) is 0 Å². The molecule has 1 aliphatic heterocycles. The quantitative estimate of drug-likeness (QED) is 0.235. The summed E-state index contributed by atoms with van der Waals surface area (Å²) in [4.78, 5) is 27.8. The van der Waals surface area contributed by atoms with Crippen LogP contribution in [0.25, 0.3) is 6.08 Å². The molecule has 0 saturated carbocycles. The highest BCUT2D eigenvalue weighted by molar-refractivity contribution is 7.80. The van der Waals surface area contributed by atoms with Crippen molar-refractivity contribution >= 4 is 40.9 Å². The van der Waals surface area contributed by atoms with Gasteiger partial charge in [0.1, 0.15) is 17.1 Å². The first-order valence-corrected chi connectivity index (χ1v) is 12.6. The number of nitrogens with one attached hydrogen (secondary N) is 1. The number of hydrogen-bond acceptors (Lipinski definition) is 4. The van der Waals surface area contributed by atoms with Crippen LogP contribution in [0.3, 0.4) is 0 Å². The van der Waals surface area contributed by atoms with Gasteiger partial charge in [0.05, 0.1) is 5.69 Å². The Bertz CT molecular complexity index is 1350. The van der Waals surface area contributed by atoms with Crippen LogP contribution in [-0.4, -0.2) is 16.9 Å². The lowest BCUT2D eigenvalue weighted by molar-refractivity contribution is -0.122. The van der Waals surface area contributed by atoms with Gasteiger partial charge in [-0.1, -0.05) is 77.9 Å². The number of benzene rings is 3. The van der Waals surface area contributed by atoms with Crippen molar-refractivity contribution in [3.63, 3.8) is 0 Å². The SMILES string of the molecule is CC(C)(C)c1cc(C=C2C(=O)NC(=S)N(c3ccc(Oc4ccccc4)cc3)C2=O)cc(C(C)(C)C)c1. The van der Waals surface area contributed by atoms with E-state index in [-0.39, 0.29) is 21.5 Å². The molecule has 3 aromatic carbocycles. The maximum atomic E-state index is 13.6. The van der Waals surface area contributed by atoms with Crippen molar-refractivity contribution in [3.8, 4) is 11.5 Å². The number of para-hydroxylation sites is 1. The molecule has 1 aliphatic rings. The van der Waals surface area contributed by atoms with Gasteiger partial charge in [0.25, 0.3) is 11.8 Å². The van der Waals surface area contributed by atoms with Gasteiger partial charge in [-0.2, -0.15) is 0 Å². The van der Waals surface area contributed by atoms with E-state index < -0.39 is 11.8 Å². The summed E-state index contributed by atoms with van der Waals surface area (Å²) in [7, 11) is 0. The molecule has 37 heavy (non-hydrogen) atoms. The summed E-state index contributed by atoms with van der Waals surface area (Å²) in [5, 5.41) is 2.71. The van der Waals surface area contributed by atoms with Gasteiger partial charge in [-0.3, -0.25) is 19.8 Å². The molecule has 0 aromatic heterocycles. The number of anilines is 1. The number of amides is 2. The summed E-state index contributed by atoms with van der Waals surface area (Å²) in [6.45, 7) is 12.9. The number of carbonyl (C=O) groups excluding carboxylic acids is 2. The fourth-order valence-electron chi connectivity index (χ4n) is 3.95. The van der Waals surface area contributed by atoms with Crippen LogP contribution in [0.4, 0.5) is 5.69 Å². The average molecular weight is 513 g/mol. The van der Waals surface area contributed by atoms with Crippen LogP contribution in [-0.2, 0) is 20.4 Å². The summed E-state index contributed by atoms with van der Waals surface area (Å²) >= 11 is 5.37. The van der Waals surface area contributed by atoms with Crippen molar-refractivity contribution in [1.29, 1.82) is 0 Å². The van der Waals surface area contributed by atoms with E-state index in [4.69, 9.17) is 17.0 Å². The van der Waals surface area contributed by atoms with Crippen LogP contribution in [0.15, 0.2) is 78.4 Å². The average Bonchev–Trinajstić information content (AvgIpc) is 2.82. The van der Waals surface area contributed by atoms with Crippen LogP contribution in [0.1, 0.15) is 58.2 Å². The van der Waals surface area contributed by atoms with Crippen molar-refractivity contribution in [2.45, 2.75) is 52.4 Å². The fourth-order valence-corrected chi connectivity index (χ4v) is 4.23. The number of hydrogen-bond donors (Lipinski definition) is 1. The Labute approximate surface area is 224 Å². The second kappa shape index (κ2) is 9.94. The molecule has 4 rings (SSSR count). The van der Waals surface area contributed by atoms with Gasteiger partial charge in [0, 0.05) is 0 Å². The first kappa shape index (κ1) is 26.3. The number of nitrogens with zero attached hydrogens (tertiary/aromatic N) is 1. The Morgan fingerprint density at radius 1 is 0.784 bits per heavy atom. The smallest absolute Gasteiger partial charge is 0.270 e. The Hall–Kier alpha value is -3.77. The molecule has 2 amide bonds. The lowest BCUT2D eigenvalue weighted by atomic mass is 9.79. The van der Waals surface area contributed by atoms with Crippen molar-refractivity contribution in [1.82, 2.24) is 5.32 Å². The Balaban J connectivity index is 1.68. The molecule has 190 valence electrons. The summed E-state index contributed by atoms with van der Waals surface area (Å²) in [5.41, 5.74) is 3.46. The van der Waals surface area contributed by atoms with Gasteiger partial charge in [0.15, 0.2) is 5.11 Å². The van der Waals surface area contributed by atoms with E-state index in [0.717, 1.165) is 16.7 Å². The van der Waals surface area contributed by atoms with Crippen molar-refractivity contribution in [3.05, 3.63) is 95.1 Å². The first-order chi connectivity index (χ1) is 17.3. The van der Waals surface area contributed by atoms with E-state index in [2.05, 4.69) is 52.9 Å². The summed E-state index contributed by atoms with van der Waals surface area (Å²) in [6, 6.07) is 22.7. The molecule has 1 heterocycles. The van der Waals surface area contributed by atoms with E-state index in [1.54, 1.807) is 30.3 Å². The molecule has 1 fully saturated rings. The fraction of sp³-hybridized carbons (Fsp3) is 0.258. The number of thiocarbonyl (C=S) groups is 1. The minimum atomic E-state index is -0.506. The molecule has 0 unspecified atom stereocenters. The molecule has 3 aromatic rings.